The van der Waals surface area contributed by atoms with Gasteiger partial charge in [0.15, 0.2) is 6.33 Å². The Balaban J connectivity index is 2.51. The lowest BCUT2D eigenvalue weighted by molar-refractivity contribution is -0.384. The van der Waals surface area contributed by atoms with E-state index in [0.717, 1.165) is 0 Å². The standard InChI is InChI=1S/C11H8N4O3/c1-12-11-6-14(7-13-11)9-4-3-8(15(16)17)5-10(9)18-2/h3-7H,2H3. The summed E-state index contributed by atoms with van der Waals surface area (Å²) in [4.78, 5) is 17.2. The summed E-state index contributed by atoms with van der Waals surface area (Å²) in [5.74, 6) is 0.591. The van der Waals surface area contributed by atoms with E-state index in [2.05, 4.69) is 9.83 Å². The Morgan fingerprint density at radius 2 is 2.33 bits per heavy atom. The Hall–Kier alpha value is -2.88. The Bertz CT molecular complexity index is 642. The maximum atomic E-state index is 10.7. The molecule has 0 aliphatic carbocycles. The largest absolute Gasteiger partial charge is 0.494 e. The highest BCUT2D eigenvalue weighted by molar-refractivity contribution is 5.54. The minimum Gasteiger partial charge on any atom is -0.494 e. The van der Waals surface area contributed by atoms with E-state index in [-0.39, 0.29) is 11.5 Å². The van der Waals surface area contributed by atoms with Gasteiger partial charge in [-0.25, -0.2) is 0 Å². The molecular formula is C11H8N4O3. The molecule has 2 rings (SSSR count). The number of ether oxygens (including phenoxy) is 1. The number of nitrogens with zero attached hydrogens (tertiary/aromatic N) is 4. The van der Waals surface area contributed by atoms with Crippen LogP contribution in [0.4, 0.5) is 11.5 Å². The first-order valence-corrected chi connectivity index (χ1v) is 4.90. The predicted molar refractivity (Wildman–Crippen MR) is 63.0 cm³/mol. The number of non-ortho nitro benzene ring substituents is 1. The van der Waals surface area contributed by atoms with E-state index in [0.29, 0.717) is 11.4 Å². The van der Waals surface area contributed by atoms with Crippen molar-refractivity contribution < 1.29 is 9.66 Å². The van der Waals surface area contributed by atoms with Crippen molar-refractivity contribution in [3.8, 4) is 11.4 Å². The number of benzene rings is 1. The normalized spacial score (nSPS) is 9.78. The number of imidazole rings is 1. The highest BCUT2D eigenvalue weighted by atomic mass is 16.6. The second kappa shape index (κ2) is 4.55. The molecule has 0 fully saturated rings. The predicted octanol–water partition coefficient (Wildman–Crippen LogP) is 2.34. The zero-order chi connectivity index (χ0) is 13.1. The molecule has 0 atom stereocenters. The van der Waals surface area contributed by atoms with Gasteiger partial charge in [-0.3, -0.25) is 14.7 Å². The molecule has 7 nitrogen and oxygen atoms in total. The van der Waals surface area contributed by atoms with Crippen LogP contribution < -0.4 is 4.74 Å². The summed E-state index contributed by atoms with van der Waals surface area (Å²) in [5, 5.41) is 10.7. The van der Waals surface area contributed by atoms with Crippen LogP contribution in [0.3, 0.4) is 0 Å². The van der Waals surface area contributed by atoms with Crippen molar-refractivity contribution in [1.29, 1.82) is 0 Å². The van der Waals surface area contributed by atoms with Crippen LogP contribution in [-0.2, 0) is 0 Å². The topological polar surface area (TPSA) is 74.5 Å². The van der Waals surface area contributed by atoms with Crippen molar-refractivity contribution in [3.05, 3.63) is 52.3 Å². The van der Waals surface area contributed by atoms with Gasteiger partial charge in [-0.2, -0.15) is 0 Å². The number of hydrogen-bond acceptors (Lipinski definition) is 4. The molecule has 0 bridgehead atoms. The van der Waals surface area contributed by atoms with Gasteiger partial charge in [-0.05, 0) is 6.07 Å². The highest BCUT2D eigenvalue weighted by Crippen LogP contribution is 2.28. The fourth-order valence-corrected chi connectivity index (χ4v) is 1.50. The summed E-state index contributed by atoms with van der Waals surface area (Å²) in [5.41, 5.74) is 0.534. The molecule has 0 saturated heterocycles. The summed E-state index contributed by atoms with van der Waals surface area (Å²) in [6, 6.07) is 4.24. The van der Waals surface area contributed by atoms with E-state index in [9.17, 15) is 10.1 Å². The quantitative estimate of drug-likeness (QED) is 0.471. The van der Waals surface area contributed by atoms with Gasteiger partial charge < -0.3 is 9.58 Å². The molecule has 1 aromatic carbocycles. The van der Waals surface area contributed by atoms with E-state index in [4.69, 9.17) is 11.3 Å². The van der Waals surface area contributed by atoms with Crippen molar-refractivity contribution in [1.82, 2.24) is 9.55 Å². The lowest BCUT2D eigenvalue weighted by Crippen LogP contribution is -1.97. The van der Waals surface area contributed by atoms with Crippen molar-refractivity contribution in [2.24, 2.45) is 0 Å². The lowest BCUT2D eigenvalue weighted by atomic mass is 10.2. The summed E-state index contributed by atoms with van der Waals surface area (Å²) in [6.07, 6.45) is 2.98. The molecule has 90 valence electrons. The Kier molecular flexibility index (Phi) is 2.93. The van der Waals surface area contributed by atoms with Crippen LogP contribution in [0.1, 0.15) is 0 Å². The maximum Gasteiger partial charge on any atom is 0.287 e. The molecule has 0 spiro atoms. The van der Waals surface area contributed by atoms with Gasteiger partial charge in [0.25, 0.3) is 11.5 Å². The summed E-state index contributed by atoms with van der Waals surface area (Å²) in [7, 11) is 1.43. The maximum absolute atomic E-state index is 10.7. The second-order valence-electron chi connectivity index (χ2n) is 3.36. The number of nitro benzene ring substituents is 1. The molecule has 0 unspecified atom stereocenters. The average molecular weight is 244 g/mol. The van der Waals surface area contributed by atoms with Gasteiger partial charge in [0, 0.05) is 12.3 Å². The molecule has 1 aromatic heterocycles. The van der Waals surface area contributed by atoms with Crippen LogP contribution in [0.25, 0.3) is 10.5 Å². The Morgan fingerprint density at radius 3 is 2.89 bits per heavy atom. The summed E-state index contributed by atoms with van der Waals surface area (Å²) >= 11 is 0. The van der Waals surface area contributed by atoms with Gasteiger partial charge in [-0.1, -0.05) is 6.57 Å². The van der Waals surface area contributed by atoms with Crippen LogP contribution in [0.15, 0.2) is 30.7 Å². The number of rotatable bonds is 3. The van der Waals surface area contributed by atoms with Crippen LogP contribution in [-0.4, -0.2) is 21.6 Å². The van der Waals surface area contributed by atoms with E-state index >= 15 is 0 Å². The molecule has 7 heteroatoms. The van der Waals surface area contributed by atoms with Crippen molar-refractivity contribution in [2.75, 3.05) is 7.11 Å². The van der Waals surface area contributed by atoms with Crippen LogP contribution in [0.2, 0.25) is 0 Å². The molecular weight excluding hydrogens is 236 g/mol. The zero-order valence-corrected chi connectivity index (χ0v) is 9.40. The van der Waals surface area contributed by atoms with Crippen LogP contribution in [0, 0.1) is 16.7 Å². The van der Waals surface area contributed by atoms with Gasteiger partial charge in [0.1, 0.15) is 5.75 Å². The lowest BCUT2D eigenvalue weighted by Gasteiger charge is -2.07. The van der Waals surface area contributed by atoms with E-state index < -0.39 is 4.92 Å². The molecule has 0 radical (unpaired) electrons. The van der Waals surface area contributed by atoms with Crippen molar-refractivity contribution in [3.63, 3.8) is 0 Å². The SMILES string of the molecule is [C-]#[N+]c1cn(-c2ccc([N+](=O)[O-])cc2OC)cn1. The Labute approximate surface area is 102 Å². The minimum atomic E-state index is -0.495. The van der Waals surface area contributed by atoms with E-state index in [1.807, 2.05) is 0 Å². The minimum absolute atomic E-state index is 0.0545. The van der Waals surface area contributed by atoms with Gasteiger partial charge in [0.05, 0.1) is 23.8 Å². The van der Waals surface area contributed by atoms with E-state index in [1.165, 1.54) is 31.8 Å². The van der Waals surface area contributed by atoms with Gasteiger partial charge in [0.2, 0.25) is 0 Å². The van der Waals surface area contributed by atoms with Crippen LogP contribution in [0.5, 0.6) is 5.75 Å². The number of nitro groups is 1. The molecule has 2 aromatic rings. The third-order valence-electron chi connectivity index (χ3n) is 2.34. The number of methoxy groups -OCH3 is 1. The molecule has 0 amide bonds. The number of hydrogen-bond donors (Lipinski definition) is 0. The highest BCUT2D eigenvalue weighted by Gasteiger charge is 2.13. The molecule has 1 heterocycles. The zero-order valence-electron chi connectivity index (χ0n) is 9.40. The fraction of sp³-hybridized carbons (Fsp3) is 0.0909. The molecule has 0 aliphatic rings. The van der Waals surface area contributed by atoms with Crippen LogP contribution >= 0.6 is 0 Å². The molecule has 18 heavy (non-hydrogen) atoms. The fourth-order valence-electron chi connectivity index (χ4n) is 1.50. The summed E-state index contributed by atoms with van der Waals surface area (Å²) < 4.78 is 6.68. The number of aromatic nitrogens is 2. The first-order chi connectivity index (χ1) is 8.65. The third kappa shape index (κ3) is 1.99. The smallest absolute Gasteiger partial charge is 0.287 e. The monoisotopic (exact) mass is 244 g/mol. The second-order valence-corrected chi connectivity index (χ2v) is 3.36. The van der Waals surface area contributed by atoms with Gasteiger partial charge in [-0.15, -0.1) is 4.98 Å². The first kappa shape index (κ1) is 11.6. The molecule has 0 N–H and O–H groups in total. The molecule has 0 aliphatic heterocycles. The van der Waals surface area contributed by atoms with Crippen molar-refractivity contribution >= 4 is 11.5 Å². The molecule has 0 saturated carbocycles. The third-order valence-corrected chi connectivity index (χ3v) is 2.34. The van der Waals surface area contributed by atoms with E-state index in [1.54, 1.807) is 10.6 Å². The average Bonchev–Trinajstić information content (AvgIpc) is 2.86. The first-order valence-electron chi connectivity index (χ1n) is 4.90. The van der Waals surface area contributed by atoms with Gasteiger partial charge >= 0.3 is 0 Å². The Morgan fingerprint density at radius 1 is 1.56 bits per heavy atom. The van der Waals surface area contributed by atoms with Crippen molar-refractivity contribution in [2.45, 2.75) is 0 Å². The summed E-state index contributed by atoms with van der Waals surface area (Å²) in [6.45, 7) is 6.84.